The van der Waals surface area contributed by atoms with Gasteiger partial charge in [-0.15, -0.1) is 0 Å². The third-order valence-corrected chi connectivity index (χ3v) is 3.38. The van der Waals surface area contributed by atoms with Gasteiger partial charge in [0.25, 0.3) is 5.91 Å². The van der Waals surface area contributed by atoms with Crippen LogP contribution in [0.15, 0.2) is 30.5 Å². The Labute approximate surface area is 115 Å². The predicted molar refractivity (Wildman–Crippen MR) is 75.1 cm³/mol. The molecule has 102 valence electrons. The summed E-state index contributed by atoms with van der Waals surface area (Å²) < 4.78 is 0. The Bertz CT molecular complexity index is 699. The number of hydrogen-bond acceptors (Lipinski definition) is 4. The first-order valence-corrected chi connectivity index (χ1v) is 6.36. The molecule has 3 N–H and O–H groups in total. The van der Waals surface area contributed by atoms with Crippen LogP contribution in [0.1, 0.15) is 10.4 Å². The summed E-state index contributed by atoms with van der Waals surface area (Å²) in [7, 11) is 0. The number of nitrogen functional groups attached to an aromatic ring is 1. The van der Waals surface area contributed by atoms with E-state index in [-0.39, 0.29) is 18.4 Å². The lowest BCUT2D eigenvalue weighted by molar-refractivity contribution is -0.123. The number of hydrogen-bond donors (Lipinski definition) is 2. The van der Waals surface area contributed by atoms with E-state index in [1.807, 2.05) is 24.3 Å². The van der Waals surface area contributed by atoms with Gasteiger partial charge < -0.3 is 16.0 Å². The second kappa shape index (κ2) is 4.80. The highest BCUT2D eigenvalue weighted by Crippen LogP contribution is 2.23. The van der Waals surface area contributed by atoms with Crippen LogP contribution in [-0.4, -0.2) is 41.3 Å². The topological polar surface area (TPSA) is 88.3 Å². The molecule has 0 radical (unpaired) electrons. The monoisotopic (exact) mass is 270 g/mol. The molecule has 0 bridgehead atoms. The lowest BCUT2D eigenvalue weighted by Gasteiger charge is -2.27. The zero-order valence-electron chi connectivity index (χ0n) is 10.8. The highest BCUT2D eigenvalue weighted by atomic mass is 16.2. The Morgan fingerprint density at radius 2 is 2.05 bits per heavy atom. The summed E-state index contributed by atoms with van der Waals surface area (Å²) in [5.41, 5.74) is 6.30. The molecule has 2 amide bonds. The Kier molecular flexibility index (Phi) is 2.98. The normalized spacial score (nSPS) is 15.2. The number of nitrogens with two attached hydrogens (primary N) is 1. The molecule has 2 aromatic rings. The van der Waals surface area contributed by atoms with Gasteiger partial charge in [0, 0.05) is 24.7 Å². The molecule has 1 saturated heterocycles. The van der Waals surface area contributed by atoms with E-state index in [0.29, 0.717) is 24.5 Å². The molecule has 1 aromatic heterocycles. The van der Waals surface area contributed by atoms with E-state index in [1.54, 1.807) is 0 Å². The van der Waals surface area contributed by atoms with Crippen LogP contribution in [0.5, 0.6) is 0 Å². The molecule has 20 heavy (non-hydrogen) atoms. The van der Waals surface area contributed by atoms with Gasteiger partial charge in [0.2, 0.25) is 5.91 Å². The van der Waals surface area contributed by atoms with Gasteiger partial charge in [0.1, 0.15) is 5.82 Å². The Hall–Kier alpha value is -2.63. The fourth-order valence-corrected chi connectivity index (χ4v) is 2.37. The van der Waals surface area contributed by atoms with Crippen molar-refractivity contribution in [3.8, 4) is 0 Å². The van der Waals surface area contributed by atoms with E-state index in [0.717, 1.165) is 10.8 Å². The first kappa shape index (κ1) is 12.4. The second-order valence-corrected chi connectivity index (χ2v) is 4.68. The second-order valence-electron chi connectivity index (χ2n) is 4.68. The van der Waals surface area contributed by atoms with Gasteiger partial charge in [0.15, 0.2) is 0 Å². The number of nitrogens with zero attached hydrogens (tertiary/aromatic N) is 2. The van der Waals surface area contributed by atoms with Crippen molar-refractivity contribution in [1.29, 1.82) is 0 Å². The summed E-state index contributed by atoms with van der Waals surface area (Å²) in [6.45, 7) is 1.06. The van der Waals surface area contributed by atoms with Crippen molar-refractivity contribution in [3.63, 3.8) is 0 Å². The van der Waals surface area contributed by atoms with Crippen LogP contribution in [0.4, 0.5) is 5.82 Å². The van der Waals surface area contributed by atoms with Crippen molar-refractivity contribution in [3.05, 3.63) is 36.0 Å². The molecule has 1 aromatic carbocycles. The number of nitrogens with one attached hydrogen (secondary N) is 1. The van der Waals surface area contributed by atoms with Gasteiger partial charge in [-0.3, -0.25) is 9.59 Å². The molecular formula is C14H14N4O2. The maximum atomic E-state index is 12.5. The number of aromatic nitrogens is 1. The summed E-state index contributed by atoms with van der Waals surface area (Å²) in [5.74, 6) is 0.0643. The smallest absolute Gasteiger partial charge is 0.256 e. The molecule has 1 aliphatic rings. The summed E-state index contributed by atoms with van der Waals surface area (Å²) in [5, 5.41) is 4.21. The van der Waals surface area contributed by atoms with Gasteiger partial charge >= 0.3 is 0 Å². The van der Waals surface area contributed by atoms with E-state index < -0.39 is 0 Å². The van der Waals surface area contributed by atoms with Crippen LogP contribution in [0.25, 0.3) is 10.8 Å². The van der Waals surface area contributed by atoms with E-state index in [2.05, 4.69) is 10.3 Å². The van der Waals surface area contributed by atoms with Gasteiger partial charge in [-0.25, -0.2) is 4.98 Å². The van der Waals surface area contributed by atoms with E-state index >= 15 is 0 Å². The molecule has 0 atom stereocenters. The first-order valence-electron chi connectivity index (χ1n) is 6.36. The molecule has 6 nitrogen and oxygen atoms in total. The Morgan fingerprint density at radius 1 is 1.30 bits per heavy atom. The fourth-order valence-electron chi connectivity index (χ4n) is 2.37. The van der Waals surface area contributed by atoms with Gasteiger partial charge in [0.05, 0.1) is 12.1 Å². The van der Waals surface area contributed by atoms with Crippen LogP contribution < -0.4 is 11.1 Å². The molecule has 3 rings (SSSR count). The number of carbonyl (C=O) groups excluding carboxylic acids is 2. The molecule has 0 aliphatic carbocycles. The zero-order valence-corrected chi connectivity index (χ0v) is 10.8. The lowest BCUT2D eigenvalue weighted by Crippen LogP contribution is -2.50. The minimum Gasteiger partial charge on any atom is -0.383 e. The van der Waals surface area contributed by atoms with Crippen LogP contribution in [0.3, 0.4) is 0 Å². The van der Waals surface area contributed by atoms with Crippen molar-refractivity contribution >= 4 is 28.4 Å². The average Bonchev–Trinajstić information content (AvgIpc) is 2.47. The number of anilines is 1. The molecule has 1 aliphatic heterocycles. The molecular weight excluding hydrogens is 256 g/mol. The molecule has 0 saturated carbocycles. The van der Waals surface area contributed by atoms with Crippen molar-refractivity contribution in [1.82, 2.24) is 15.2 Å². The highest BCUT2D eigenvalue weighted by molar-refractivity contribution is 6.09. The molecule has 1 fully saturated rings. The number of carbonyl (C=O) groups is 2. The fraction of sp³-hybridized carbons (Fsp3) is 0.214. The highest BCUT2D eigenvalue weighted by Gasteiger charge is 2.24. The summed E-state index contributed by atoms with van der Waals surface area (Å²) in [6.07, 6.45) is 1.48. The van der Waals surface area contributed by atoms with Crippen LogP contribution in [0, 0.1) is 0 Å². The first-order chi connectivity index (χ1) is 9.66. The number of fused-ring (bicyclic) bond motifs is 1. The van der Waals surface area contributed by atoms with Crippen LogP contribution in [-0.2, 0) is 4.79 Å². The van der Waals surface area contributed by atoms with Gasteiger partial charge in [-0.05, 0) is 5.39 Å². The molecule has 0 unspecified atom stereocenters. The maximum Gasteiger partial charge on any atom is 0.256 e. The largest absolute Gasteiger partial charge is 0.383 e. The number of amides is 2. The number of piperazine rings is 1. The van der Waals surface area contributed by atoms with E-state index in [1.165, 1.54) is 11.1 Å². The number of rotatable bonds is 1. The van der Waals surface area contributed by atoms with Crippen LogP contribution in [0.2, 0.25) is 0 Å². The third-order valence-electron chi connectivity index (χ3n) is 3.38. The minimum atomic E-state index is -0.191. The predicted octanol–water partition coefficient (Wildman–Crippen LogP) is 0.389. The Balaban J connectivity index is 2.04. The average molecular weight is 270 g/mol. The Morgan fingerprint density at radius 3 is 2.80 bits per heavy atom. The summed E-state index contributed by atoms with van der Waals surface area (Å²) >= 11 is 0. The quantitative estimate of drug-likeness (QED) is 0.784. The van der Waals surface area contributed by atoms with Gasteiger partial charge in [-0.2, -0.15) is 0 Å². The van der Waals surface area contributed by atoms with E-state index in [4.69, 9.17) is 5.73 Å². The standard InChI is InChI=1S/C14H14N4O2/c15-13-10-4-2-1-3-9(10)11(7-17-13)14(20)18-6-5-16-12(19)8-18/h1-4,7H,5-6,8H2,(H2,15,17)(H,16,19). The van der Waals surface area contributed by atoms with Crippen molar-refractivity contribution in [2.24, 2.45) is 0 Å². The number of benzene rings is 1. The van der Waals surface area contributed by atoms with Crippen molar-refractivity contribution < 1.29 is 9.59 Å². The van der Waals surface area contributed by atoms with E-state index in [9.17, 15) is 9.59 Å². The van der Waals surface area contributed by atoms with Crippen molar-refractivity contribution in [2.75, 3.05) is 25.4 Å². The third kappa shape index (κ3) is 2.05. The summed E-state index contributed by atoms with van der Waals surface area (Å²) in [4.78, 5) is 29.5. The lowest BCUT2D eigenvalue weighted by atomic mass is 10.1. The minimum absolute atomic E-state index is 0.0809. The summed E-state index contributed by atoms with van der Waals surface area (Å²) in [6, 6.07) is 7.37. The van der Waals surface area contributed by atoms with Gasteiger partial charge in [-0.1, -0.05) is 24.3 Å². The molecule has 0 spiro atoms. The number of pyridine rings is 1. The van der Waals surface area contributed by atoms with Crippen molar-refractivity contribution in [2.45, 2.75) is 0 Å². The zero-order chi connectivity index (χ0) is 14.1. The SMILES string of the molecule is Nc1ncc(C(=O)N2CCNC(=O)C2)c2ccccc12. The van der Waals surface area contributed by atoms with Crippen LogP contribution >= 0.6 is 0 Å². The molecule has 6 heteroatoms. The molecule has 2 heterocycles. The maximum absolute atomic E-state index is 12.5.